The molecule has 0 amide bonds. The number of hydrogen-bond acceptors (Lipinski definition) is 2. The van der Waals surface area contributed by atoms with Gasteiger partial charge in [0.1, 0.15) is 0 Å². The molecular weight excluding hydrogens is 278 g/mol. The summed E-state index contributed by atoms with van der Waals surface area (Å²) in [4.78, 5) is 0. The Hall–Kier alpha value is -1.13. The Morgan fingerprint density at radius 1 is 1.29 bits per heavy atom. The molecule has 0 unspecified atom stereocenters. The average molecular weight is 294 g/mol. The van der Waals surface area contributed by atoms with Gasteiger partial charge in [0.15, 0.2) is 0 Å². The minimum atomic E-state index is 0.849. The van der Waals surface area contributed by atoms with Crippen LogP contribution in [-0.4, -0.2) is 9.78 Å². The summed E-state index contributed by atoms with van der Waals surface area (Å²) in [6.07, 6.45) is 3.99. The second-order valence-corrected chi connectivity index (χ2v) is 4.75. The molecule has 90 valence electrons. The number of aryl methyl sites for hydroxylation is 1. The zero-order chi connectivity index (χ0) is 12.1. The summed E-state index contributed by atoms with van der Waals surface area (Å²) < 4.78 is 3.09. The van der Waals surface area contributed by atoms with E-state index in [0.29, 0.717) is 0 Å². The van der Waals surface area contributed by atoms with Gasteiger partial charge >= 0.3 is 0 Å². The van der Waals surface area contributed by atoms with E-state index in [-0.39, 0.29) is 0 Å². The van der Waals surface area contributed by atoms with Crippen LogP contribution in [0.15, 0.2) is 41.1 Å². The molecule has 0 saturated heterocycles. The van der Waals surface area contributed by atoms with Gasteiger partial charge in [-0.2, -0.15) is 5.10 Å². The summed E-state index contributed by atoms with van der Waals surface area (Å²) in [6, 6.07) is 8.26. The molecule has 2 aromatic rings. The lowest BCUT2D eigenvalue weighted by Crippen LogP contribution is -2.12. The van der Waals surface area contributed by atoms with E-state index < -0.39 is 0 Å². The smallest absolute Gasteiger partial charge is 0.0534 e. The van der Waals surface area contributed by atoms with Crippen molar-refractivity contribution in [3.8, 4) is 0 Å². The number of aromatic nitrogens is 2. The SMILES string of the molecule is CCn1cc(CNCc2ccccc2Br)cn1. The van der Waals surface area contributed by atoms with Crippen LogP contribution in [-0.2, 0) is 19.6 Å². The minimum Gasteiger partial charge on any atom is -0.308 e. The molecule has 4 heteroatoms. The average Bonchev–Trinajstić information content (AvgIpc) is 2.80. The monoisotopic (exact) mass is 293 g/mol. The number of rotatable bonds is 5. The molecule has 1 N–H and O–H groups in total. The third kappa shape index (κ3) is 3.41. The highest BCUT2D eigenvalue weighted by Gasteiger charge is 1.99. The number of nitrogens with one attached hydrogen (secondary N) is 1. The summed E-state index contributed by atoms with van der Waals surface area (Å²) in [5.41, 5.74) is 2.49. The molecule has 0 aliphatic heterocycles. The maximum atomic E-state index is 4.25. The summed E-state index contributed by atoms with van der Waals surface area (Å²) >= 11 is 3.54. The summed E-state index contributed by atoms with van der Waals surface area (Å²) in [5.74, 6) is 0. The highest BCUT2D eigenvalue weighted by molar-refractivity contribution is 9.10. The van der Waals surface area contributed by atoms with Crippen molar-refractivity contribution in [1.29, 1.82) is 0 Å². The molecule has 1 heterocycles. The third-order valence-corrected chi connectivity index (χ3v) is 3.39. The molecule has 0 fully saturated rings. The van der Waals surface area contributed by atoms with E-state index in [9.17, 15) is 0 Å². The van der Waals surface area contributed by atoms with Crippen LogP contribution >= 0.6 is 15.9 Å². The normalized spacial score (nSPS) is 10.7. The fraction of sp³-hybridized carbons (Fsp3) is 0.308. The van der Waals surface area contributed by atoms with E-state index in [1.807, 2.05) is 16.9 Å². The molecule has 0 spiro atoms. The van der Waals surface area contributed by atoms with Gasteiger partial charge in [0.05, 0.1) is 6.20 Å². The number of nitrogens with zero attached hydrogens (tertiary/aromatic N) is 2. The standard InChI is InChI=1S/C13H16BrN3/c1-2-17-10-11(8-16-17)7-15-9-12-5-3-4-6-13(12)14/h3-6,8,10,15H,2,7,9H2,1H3. The van der Waals surface area contributed by atoms with Crippen molar-refractivity contribution in [2.45, 2.75) is 26.6 Å². The number of benzene rings is 1. The van der Waals surface area contributed by atoms with Crippen LogP contribution in [0.2, 0.25) is 0 Å². The van der Waals surface area contributed by atoms with Crippen LogP contribution < -0.4 is 5.32 Å². The minimum absolute atomic E-state index is 0.849. The fourth-order valence-corrected chi connectivity index (χ4v) is 2.08. The highest BCUT2D eigenvalue weighted by Crippen LogP contribution is 2.15. The Balaban J connectivity index is 1.85. The predicted molar refractivity (Wildman–Crippen MR) is 72.6 cm³/mol. The lowest BCUT2D eigenvalue weighted by molar-refractivity contribution is 0.655. The predicted octanol–water partition coefficient (Wildman–Crippen LogP) is 2.96. The van der Waals surface area contributed by atoms with E-state index >= 15 is 0 Å². The molecule has 0 atom stereocenters. The van der Waals surface area contributed by atoms with Crippen molar-refractivity contribution in [2.75, 3.05) is 0 Å². The van der Waals surface area contributed by atoms with Crippen molar-refractivity contribution >= 4 is 15.9 Å². The molecule has 0 aliphatic rings. The van der Waals surface area contributed by atoms with Crippen molar-refractivity contribution in [2.24, 2.45) is 0 Å². The molecule has 0 aliphatic carbocycles. The Morgan fingerprint density at radius 3 is 2.82 bits per heavy atom. The highest BCUT2D eigenvalue weighted by atomic mass is 79.9. The van der Waals surface area contributed by atoms with Crippen LogP contribution in [0.4, 0.5) is 0 Å². The molecule has 1 aromatic carbocycles. The van der Waals surface area contributed by atoms with Crippen molar-refractivity contribution in [1.82, 2.24) is 15.1 Å². The van der Waals surface area contributed by atoms with Gasteiger partial charge in [0.25, 0.3) is 0 Å². The van der Waals surface area contributed by atoms with Crippen LogP contribution in [0.1, 0.15) is 18.1 Å². The van der Waals surface area contributed by atoms with Crippen LogP contribution in [0.25, 0.3) is 0 Å². The molecule has 1 aromatic heterocycles. The second kappa shape index (κ2) is 5.98. The zero-order valence-corrected chi connectivity index (χ0v) is 11.4. The quantitative estimate of drug-likeness (QED) is 0.919. The Bertz CT molecular complexity index is 479. The molecule has 2 rings (SSSR count). The lowest BCUT2D eigenvalue weighted by Gasteiger charge is -2.05. The van der Waals surface area contributed by atoms with Gasteiger partial charge in [-0.3, -0.25) is 4.68 Å². The molecule has 0 bridgehead atoms. The molecular formula is C13H16BrN3. The molecule has 3 nitrogen and oxygen atoms in total. The van der Waals surface area contributed by atoms with Gasteiger partial charge in [-0.25, -0.2) is 0 Å². The van der Waals surface area contributed by atoms with E-state index in [0.717, 1.165) is 24.1 Å². The first-order valence-corrected chi connectivity index (χ1v) is 6.54. The first-order chi connectivity index (χ1) is 8.29. The maximum absolute atomic E-state index is 4.25. The molecule has 0 saturated carbocycles. The first-order valence-electron chi connectivity index (χ1n) is 5.75. The first kappa shape index (κ1) is 12.3. The van der Waals surface area contributed by atoms with Gasteiger partial charge in [-0.15, -0.1) is 0 Å². The van der Waals surface area contributed by atoms with Crippen molar-refractivity contribution < 1.29 is 0 Å². The van der Waals surface area contributed by atoms with Crippen molar-refractivity contribution in [3.63, 3.8) is 0 Å². The van der Waals surface area contributed by atoms with Gasteiger partial charge in [0.2, 0.25) is 0 Å². The number of hydrogen-bond donors (Lipinski definition) is 1. The van der Waals surface area contributed by atoms with Gasteiger partial charge in [-0.05, 0) is 18.6 Å². The van der Waals surface area contributed by atoms with Gasteiger partial charge in [-0.1, -0.05) is 34.1 Å². The van der Waals surface area contributed by atoms with Gasteiger partial charge < -0.3 is 5.32 Å². The lowest BCUT2D eigenvalue weighted by atomic mass is 10.2. The van der Waals surface area contributed by atoms with E-state index in [4.69, 9.17) is 0 Å². The Morgan fingerprint density at radius 2 is 2.12 bits per heavy atom. The number of halogens is 1. The van der Waals surface area contributed by atoms with Gasteiger partial charge in [0, 0.05) is 35.9 Å². The van der Waals surface area contributed by atoms with Crippen LogP contribution in [0.5, 0.6) is 0 Å². The zero-order valence-electron chi connectivity index (χ0n) is 9.86. The van der Waals surface area contributed by atoms with Crippen molar-refractivity contribution in [3.05, 3.63) is 52.3 Å². The third-order valence-electron chi connectivity index (χ3n) is 2.61. The van der Waals surface area contributed by atoms with Crippen LogP contribution in [0, 0.1) is 0 Å². The molecule has 0 radical (unpaired) electrons. The fourth-order valence-electron chi connectivity index (χ4n) is 1.65. The summed E-state index contributed by atoms with van der Waals surface area (Å²) in [6.45, 7) is 4.72. The molecule has 17 heavy (non-hydrogen) atoms. The second-order valence-electron chi connectivity index (χ2n) is 3.90. The topological polar surface area (TPSA) is 29.9 Å². The van der Waals surface area contributed by atoms with Crippen LogP contribution in [0.3, 0.4) is 0 Å². The van der Waals surface area contributed by atoms with E-state index in [1.165, 1.54) is 11.1 Å². The Labute approximate surface area is 110 Å². The van der Waals surface area contributed by atoms with E-state index in [1.54, 1.807) is 0 Å². The summed E-state index contributed by atoms with van der Waals surface area (Å²) in [7, 11) is 0. The Kier molecular flexibility index (Phi) is 4.34. The maximum Gasteiger partial charge on any atom is 0.0534 e. The summed E-state index contributed by atoms with van der Waals surface area (Å²) in [5, 5.41) is 7.66. The van der Waals surface area contributed by atoms with E-state index in [2.05, 4.69) is 57.7 Å². The largest absolute Gasteiger partial charge is 0.308 e.